The Hall–Kier alpha value is -1.93. The SMILES string of the molecule is O=C=Nc1ccc2[nH]ccnc1-2. The molecule has 0 fully saturated rings. The van der Waals surface area contributed by atoms with Crippen molar-refractivity contribution in [3.8, 4) is 11.4 Å². The molecular weight excluding hydrogens is 154 g/mol. The summed E-state index contributed by atoms with van der Waals surface area (Å²) in [6, 6.07) is 3.54. The second-order valence-corrected chi connectivity index (χ2v) is 2.27. The predicted octanol–water partition coefficient (Wildman–Crippen LogP) is 1.48. The van der Waals surface area contributed by atoms with Gasteiger partial charge >= 0.3 is 0 Å². The van der Waals surface area contributed by atoms with Crippen LogP contribution in [0.4, 0.5) is 5.69 Å². The van der Waals surface area contributed by atoms with Crippen LogP contribution in [0.15, 0.2) is 29.5 Å². The number of fused-ring (bicyclic) bond motifs is 1. The van der Waals surface area contributed by atoms with Gasteiger partial charge in [-0.05, 0) is 12.1 Å². The van der Waals surface area contributed by atoms with Crippen molar-refractivity contribution in [2.75, 3.05) is 0 Å². The van der Waals surface area contributed by atoms with E-state index in [-0.39, 0.29) is 0 Å². The Morgan fingerprint density at radius 1 is 1.50 bits per heavy atom. The Labute approximate surface area is 68.3 Å². The molecule has 4 nitrogen and oxygen atoms in total. The van der Waals surface area contributed by atoms with Crippen molar-refractivity contribution in [2.45, 2.75) is 0 Å². The molecule has 1 aliphatic carbocycles. The maximum absolute atomic E-state index is 9.99. The first-order chi connectivity index (χ1) is 5.92. The Kier molecular flexibility index (Phi) is 1.47. The number of aromatic nitrogens is 2. The maximum atomic E-state index is 9.99. The van der Waals surface area contributed by atoms with Gasteiger partial charge in [0.05, 0.1) is 5.69 Å². The summed E-state index contributed by atoms with van der Waals surface area (Å²) in [7, 11) is 0. The number of rotatable bonds is 1. The third-order valence-electron chi connectivity index (χ3n) is 1.59. The lowest BCUT2D eigenvalue weighted by atomic mass is 10.3. The summed E-state index contributed by atoms with van der Waals surface area (Å²) in [5.41, 5.74) is 2.12. The number of hydrogen-bond donors (Lipinski definition) is 1. The topological polar surface area (TPSA) is 58.1 Å². The molecule has 1 heterocycles. The largest absolute Gasteiger partial charge is 0.358 e. The van der Waals surface area contributed by atoms with E-state index < -0.39 is 0 Å². The first-order valence-corrected chi connectivity index (χ1v) is 3.42. The maximum Gasteiger partial charge on any atom is 0.240 e. The summed E-state index contributed by atoms with van der Waals surface area (Å²) in [4.78, 5) is 20.5. The van der Waals surface area contributed by atoms with Gasteiger partial charge in [0.25, 0.3) is 0 Å². The molecule has 0 atom stereocenters. The number of isocyanates is 1. The summed E-state index contributed by atoms with van der Waals surface area (Å²) in [5.74, 6) is 0. The predicted molar refractivity (Wildman–Crippen MR) is 43.0 cm³/mol. The van der Waals surface area contributed by atoms with E-state index in [0.29, 0.717) is 11.4 Å². The molecule has 0 saturated heterocycles. The average Bonchev–Trinajstić information content (AvgIpc) is 2.50. The van der Waals surface area contributed by atoms with Crippen molar-refractivity contribution in [3.63, 3.8) is 0 Å². The molecule has 0 aromatic rings. The van der Waals surface area contributed by atoms with Gasteiger partial charge in [-0.2, -0.15) is 4.99 Å². The molecule has 0 bridgehead atoms. The number of carbonyl (C=O) groups excluding carboxylic acids is 1. The number of hydrogen-bond acceptors (Lipinski definition) is 3. The van der Waals surface area contributed by atoms with Crippen LogP contribution in [0.1, 0.15) is 0 Å². The first-order valence-electron chi connectivity index (χ1n) is 3.42. The highest BCUT2D eigenvalue weighted by atomic mass is 16.1. The van der Waals surface area contributed by atoms with E-state index in [9.17, 15) is 4.79 Å². The first kappa shape index (κ1) is 6.76. The minimum atomic E-state index is 0.553. The van der Waals surface area contributed by atoms with Crippen LogP contribution in [0.25, 0.3) is 11.4 Å². The molecule has 0 saturated carbocycles. The Bertz CT molecular complexity index is 414. The fourth-order valence-electron chi connectivity index (χ4n) is 1.09. The molecule has 0 aromatic carbocycles. The van der Waals surface area contributed by atoms with Crippen LogP contribution in [-0.4, -0.2) is 16.0 Å². The number of nitrogens with one attached hydrogen (secondary N) is 1. The summed E-state index contributed by atoms with van der Waals surface area (Å²) in [6.45, 7) is 0. The van der Waals surface area contributed by atoms with Gasteiger partial charge in [0.1, 0.15) is 11.4 Å². The molecule has 4 heteroatoms. The van der Waals surface area contributed by atoms with Gasteiger partial charge < -0.3 is 4.98 Å². The fourth-order valence-corrected chi connectivity index (χ4v) is 1.09. The highest BCUT2D eigenvalue weighted by Crippen LogP contribution is 2.29. The molecule has 0 radical (unpaired) electrons. The van der Waals surface area contributed by atoms with Crippen molar-refractivity contribution in [1.82, 2.24) is 9.97 Å². The van der Waals surface area contributed by atoms with Crippen LogP contribution in [-0.2, 0) is 4.79 Å². The molecule has 2 aliphatic rings. The number of nitrogens with zero attached hydrogens (tertiary/aromatic N) is 2. The summed E-state index contributed by atoms with van der Waals surface area (Å²) >= 11 is 0. The van der Waals surface area contributed by atoms with Gasteiger partial charge in [0, 0.05) is 12.4 Å². The van der Waals surface area contributed by atoms with E-state index in [1.165, 1.54) is 6.08 Å². The van der Waals surface area contributed by atoms with Gasteiger partial charge in [-0.15, -0.1) is 0 Å². The molecule has 1 aliphatic heterocycles. The molecular formula is C8H5N3O. The minimum absolute atomic E-state index is 0.553. The lowest BCUT2D eigenvalue weighted by Gasteiger charge is -1.95. The molecule has 0 amide bonds. The van der Waals surface area contributed by atoms with Crippen LogP contribution in [0.2, 0.25) is 0 Å². The second-order valence-electron chi connectivity index (χ2n) is 2.27. The molecule has 1 N–H and O–H groups in total. The molecule has 0 aromatic heterocycles. The van der Waals surface area contributed by atoms with E-state index in [1.807, 2.05) is 6.07 Å². The van der Waals surface area contributed by atoms with Crippen molar-refractivity contribution in [1.29, 1.82) is 0 Å². The van der Waals surface area contributed by atoms with Crippen LogP contribution in [0, 0.1) is 0 Å². The Morgan fingerprint density at radius 2 is 2.42 bits per heavy atom. The van der Waals surface area contributed by atoms with Crippen LogP contribution in [0.5, 0.6) is 0 Å². The third-order valence-corrected chi connectivity index (χ3v) is 1.59. The Morgan fingerprint density at radius 3 is 3.25 bits per heavy atom. The van der Waals surface area contributed by atoms with Gasteiger partial charge in [-0.3, -0.25) is 4.98 Å². The van der Waals surface area contributed by atoms with Crippen molar-refractivity contribution in [2.24, 2.45) is 4.99 Å². The van der Waals surface area contributed by atoms with Crippen molar-refractivity contribution < 1.29 is 4.79 Å². The Balaban J connectivity index is 2.67. The zero-order valence-corrected chi connectivity index (χ0v) is 6.11. The lowest BCUT2D eigenvalue weighted by Crippen LogP contribution is -1.82. The number of H-pyrrole nitrogens is 1. The van der Waals surface area contributed by atoms with Gasteiger partial charge in [-0.25, -0.2) is 4.79 Å². The zero-order chi connectivity index (χ0) is 8.39. The lowest BCUT2D eigenvalue weighted by molar-refractivity contribution is 0.565. The van der Waals surface area contributed by atoms with E-state index >= 15 is 0 Å². The summed E-state index contributed by atoms with van der Waals surface area (Å²) < 4.78 is 0. The average molecular weight is 159 g/mol. The van der Waals surface area contributed by atoms with Crippen LogP contribution in [0.3, 0.4) is 0 Å². The molecule has 58 valence electrons. The summed E-state index contributed by atoms with van der Waals surface area (Å²) in [5, 5.41) is 0. The van der Waals surface area contributed by atoms with Crippen molar-refractivity contribution in [3.05, 3.63) is 24.5 Å². The second kappa shape index (κ2) is 2.60. The monoisotopic (exact) mass is 159 g/mol. The van der Waals surface area contributed by atoms with Crippen LogP contribution < -0.4 is 0 Å². The quantitative estimate of drug-likeness (QED) is 0.506. The minimum Gasteiger partial charge on any atom is -0.358 e. The standard InChI is InChI=1S/C8H5N3O/c12-5-11-7-2-1-6-8(7)10-4-3-9-6/h1-4,9H. The number of aliphatic imine (C=N–C) groups is 1. The normalized spacial score (nSPS) is 9.67. The van der Waals surface area contributed by atoms with E-state index in [2.05, 4.69) is 15.0 Å². The van der Waals surface area contributed by atoms with Gasteiger partial charge in [0.15, 0.2) is 0 Å². The van der Waals surface area contributed by atoms with Gasteiger partial charge in [-0.1, -0.05) is 0 Å². The van der Waals surface area contributed by atoms with Gasteiger partial charge in [0.2, 0.25) is 6.08 Å². The molecule has 0 spiro atoms. The molecule has 0 unspecified atom stereocenters. The number of aromatic amines is 1. The van der Waals surface area contributed by atoms with E-state index in [0.717, 1.165) is 5.69 Å². The third kappa shape index (κ3) is 0.909. The summed E-state index contributed by atoms with van der Waals surface area (Å²) in [6.07, 6.45) is 4.82. The smallest absolute Gasteiger partial charge is 0.240 e. The highest BCUT2D eigenvalue weighted by molar-refractivity contribution is 5.74. The molecule has 12 heavy (non-hydrogen) atoms. The highest BCUT2D eigenvalue weighted by Gasteiger charge is 2.08. The zero-order valence-electron chi connectivity index (χ0n) is 6.11. The van der Waals surface area contributed by atoms with E-state index in [1.54, 1.807) is 18.5 Å². The fraction of sp³-hybridized carbons (Fsp3) is 0. The molecule has 2 rings (SSSR count). The van der Waals surface area contributed by atoms with E-state index in [4.69, 9.17) is 0 Å². The van der Waals surface area contributed by atoms with Crippen LogP contribution >= 0.6 is 0 Å². The van der Waals surface area contributed by atoms with Crippen molar-refractivity contribution >= 4 is 11.8 Å².